The number of benzene rings is 2. The summed E-state index contributed by atoms with van der Waals surface area (Å²) in [6, 6.07) is 8.67. The predicted molar refractivity (Wildman–Crippen MR) is 69.4 cm³/mol. The van der Waals surface area contributed by atoms with E-state index in [0.29, 0.717) is 5.46 Å². The Bertz CT molecular complexity index is 578. The number of hydrogen-bond acceptors (Lipinski definition) is 1. The van der Waals surface area contributed by atoms with Crippen LogP contribution in [0.5, 0.6) is 0 Å². The summed E-state index contributed by atoms with van der Waals surface area (Å²) in [4.78, 5) is 0. The van der Waals surface area contributed by atoms with Crippen molar-refractivity contribution in [3.63, 3.8) is 0 Å². The summed E-state index contributed by atoms with van der Waals surface area (Å²) in [7, 11) is 0. The van der Waals surface area contributed by atoms with Gasteiger partial charge in [-0.1, -0.05) is 31.2 Å². The van der Waals surface area contributed by atoms with Gasteiger partial charge in [-0.25, -0.2) is 13.2 Å². The second-order valence-electron chi connectivity index (χ2n) is 4.30. The van der Waals surface area contributed by atoms with Crippen molar-refractivity contribution in [2.45, 2.75) is 13.3 Å². The molecule has 0 aromatic heterocycles. The van der Waals surface area contributed by atoms with E-state index in [1.54, 1.807) is 18.2 Å². The topological polar surface area (TPSA) is 20.2 Å². The lowest BCUT2D eigenvalue weighted by atomic mass is 9.55. The smallest absolute Gasteiger partial charge is 0.359 e. The van der Waals surface area contributed by atoms with Crippen LogP contribution in [-0.2, 0) is 6.42 Å². The van der Waals surface area contributed by atoms with Crippen molar-refractivity contribution in [2.75, 3.05) is 0 Å². The van der Waals surface area contributed by atoms with Gasteiger partial charge in [-0.15, -0.1) is 0 Å². The standard InChI is InChI=1S/C14H12BF3O/c1-2-9-4-3-5-10(6-9)15(19)11-7-12(16)14(18)13(17)8-11/h3-8,19H,2H2,1H3. The minimum Gasteiger partial charge on any atom is -0.443 e. The zero-order valence-electron chi connectivity index (χ0n) is 10.3. The minimum absolute atomic E-state index is 0.00958. The molecule has 2 aromatic carbocycles. The van der Waals surface area contributed by atoms with Crippen molar-refractivity contribution in [1.82, 2.24) is 0 Å². The van der Waals surface area contributed by atoms with E-state index in [1.165, 1.54) is 0 Å². The number of halogens is 3. The molecule has 2 aromatic rings. The molecule has 0 spiro atoms. The van der Waals surface area contributed by atoms with E-state index in [9.17, 15) is 18.2 Å². The second kappa shape index (κ2) is 5.49. The summed E-state index contributed by atoms with van der Waals surface area (Å²) in [6.45, 7) is 0.777. The van der Waals surface area contributed by atoms with Gasteiger partial charge in [-0.2, -0.15) is 0 Å². The van der Waals surface area contributed by atoms with Gasteiger partial charge < -0.3 is 5.02 Å². The normalized spacial score (nSPS) is 10.6. The average Bonchev–Trinajstić information content (AvgIpc) is 2.43. The van der Waals surface area contributed by atoms with Gasteiger partial charge in [-0.3, -0.25) is 0 Å². The van der Waals surface area contributed by atoms with Crippen LogP contribution in [0.1, 0.15) is 12.5 Å². The molecule has 0 bridgehead atoms. The van der Waals surface area contributed by atoms with Gasteiger partial charge in [0, 0.05) is 0 Å². The van der Waals surface area contributed by atoms with Crippen molar-refractivity contribution in [3.05, 3.63) is 59.4 Å². The molecule has 98 valence electrons. The maximum Gasteiger partial charge on any atom is 0.359 e. The van der Waals surface area contributed by atoms with E-state index in [1.807, 2.05) is 13.0 Å². The van der Waals surface area contributed by atoms with Crippen LogP contribution in [0.4, 0.5) is 13.2 Å². The van der Waals surface area contributed by atoms with E-state index in [0.717, 1.165) is 24.1 Å². The molecule has 0 fully saturated rings. The van der Waals surface area contributed by atoms with Gasteiger partial charge >= 0.3 is 6.92 Å². The predicted octanol–water partition coefficient (Wildman–Crippen LogP) is 1.76. The summed E-state index contributed by atoms with van der Waals surface area (Å²) in [5.74, 6) is -4.14. The summed E-state index contributed by atoms with van der Waals surface area (Å²) >= 11 is 0. The molecule has 0 amide bonds. The molecule has 0 radical (unpaired) electrons. The Balaban J connectivity index is 2.40. The fourth-order valence-electron chi connectivity index (χ4n) is 1.91. The van der Waals surface area contributed by atoms with Crippen molar-refractivity contribution in [1.29, 1.82) is 0 Å². The zero-order valence-corrected chi connectivity index (χ0v) is 10.3. The molecule has 5 heteroatoms. The van der Waals surface area contributed by atoms with E-state index in [4.69, 9.17) is 0 Å². The first-order valence-corrected chi connectivity index (χ1v) is 5.94. The van der Waals surface area contributed by atoms with Crippen LogP contribution in [-0.4, -0.2) is 11.9 Å². The lowest BCUT2D eigenvalue weighted by Gasteiger charge is -2.09. The van der Waals surface area contributed by atoms with Gasteiger partial charge in [0.2, 0.25) is 0 Å². The molecule has 0 unspecified atom stereocenters. The molecule has 0 saturated carbocycles. The Kier molecular flexibility index (Phi) is 3.95. The Hall–Kier alpha value is -1.75. The lowest BCUT2D eigenvalue weighted by Crippen LogP contribution is -2.43. The first kappa shape index (κ1) is 13.7. The Morgan fingerprint density at radius 2 is 1.63 bits per heavy atom. The van der Waals surface area contributed by atoms with Crippen molar-refractivity contribution >= 4 is 17.8 Å². The Morgan fingerprint density at radius 3 is 2.21 bits per heavy atom. The monoisotopic (exact) mass is 264 g/mol. The quantitative estimate of drug-likeness (QED) is 0.661. The zero-order chi connectivity index (χ0) is 14.0. The van der Waals surface area contributed by atoms with E-state index in [-0.39, 0.29) is 5.46 Å². The highest BCUT2D eigenvalue weighted by Crippen LogP contribution is 2.08. The first-order valence-electron chi connectivity index (χ1n) is 5.94. The molecule has 0 aliphatic rings. The molecule has 2 rings (SSSR count). The molecule has 1 nitrogen and oxygen atoms in total. The van der Waals surface area contributed by atoms with Gasteiger partial charge in [0.25, 0.3) is 0 Å². The van der Waals surface area contributed by atoms with Gasteiger partial charge in [-0.05, 0) is 35.0 Å². The molecule has 0 heterocycles. The molecule has 0 aliphatic heterocycles. The van der Waals surface area contributed by atoms with E-state index < -0.39 is 24.4 Å². The van der Waals surface area contributed by atoms with Crippen LogP contribution in [0.3, 0.4) is 0 Å². The highest BCUT2D eigenvalue weighted by atomic mass is 19.2. The minimum atomic E-state index is -1.53. The molecule has 0 saturated heterocycles. The maximum atomic E-state index is 13.1. The molecule has 19 heavy (non-hydrogen) atoms. The largest absolute Gasteiger partial charge is 0.443 e. The van der Waals surface area contributed by atoms with Gasteiger partial charge in [0.15, 0.2) is 17.5 Å². The lowest BCUT2D eigenvalue weighted by molar-refractivity contribution is 0.448. The van der Waals surface area contributed by atoms with Crippen LogP contribution in [0.15, 0.2) is 36.4 Å². The summed E-state index contributed by atoms with van der Waals surface area (Å²) in [5, 5.41) is 10.1. The Morgan fingerprint density at radius 1 is 1.00 bits per heavy atom. The van der Waals surface area contributed by atoms with Crippen molar-refractivity contribution in [2.24, 2.45) is 0 Å². The fraction of sp³-hybridized carbons (Fsp3) is 0.143. The SMILES string of the molecule is CCc1cccc(B(O)c2cc(F)c(F)c(F)c2)c1. The number of hydrogen-bond donors (Lipinski definition) is 1. The highest BCUT2D eigenvalue weighted by Gasteiger charge is 2.21. The first-order chi connectivity index (χ1) is 9.02. The number of aryl methyl sites for hydroxylation is 1. The third-order valence-corrected chi connectivity index (χ3v) is 3.00. The van der Waals surface area contributed by atoms with Crippen molar-refractivity contribution in [3.8, 4) is 0 Å². The van der Waals surface area contributed by atoms with Gasteiger partial charge in [0.05, 0.1) is 0 Å². The third-order valence-electron chi connectivity index (χ3n) is 3.00. The van der Waals surface area contributed by atoms with Crippen LogP contribution in [0.2, 0.25) is 0 Å². The van der Waals surface area contributed by atoms with Crippen molar-refractivity contribution < 1.29 is 18.2 Å². The average molecular weight is 264 g/mol. The van der Waals surface area contributed by atoms with Crippen LogP contribution in [0.25, 0.3) is 0 Å². The molecular weight excluding hydrogens is 252 g/mol. The van der Waals surface area contributed by atoms with Gasteiger partial charge in [0.1, 0.15) is 0 Å². The molecule has 0 atom stereocenters. The van der Waals surface area contributed by atoms with E-state index in [2.05, 4.69) is 0 Å². The summed E-state index contributed by atoms with van der Waals surface area (Å²) in [6.07, 6.45) is 0.784. The summed E-state index contributed by atoms with van der Waals surface area (Å²) < 4.78 is 39.1. The second-order valence-corrected chi connectivity index (χ2v) is 4.30. The maximum absolute atomic E-state index is 13.1. The third kappa shape index (κ3) is 2.81. The van der Waals surface area contributed by atoms with Crippen LogP contribution in [0, 0.1) is 17.5 Å². The fourth-order valence-corrected chi connectivity index (χ4v) is 1.91. The van der Waals surface area contributed by atoms with E-state index >= 15 is 0 Å². The van der Waals surface area contributed by atoms with Crippen LogP contribution < -0.4 is 10.9 Å². The molecule has 0 aliphatic carbocycles. The van der Waals surface area contributed by atoms with Crippen LogP contribution >= 0.6 is 0 Å². The summed E-state index contributed by atoms with van der Waals surface area (Å²) in [5.41, 5.74) is 1.51. The molecular formula is C14H12BF3O. The highest BCUT2D eigenvalue weighted by molar-refractivity contribution is 6.78. The molecule has 1 N–H and O–H groups in total. The number of rotatable bonds is 3. The Labute approximate surface area is 109 Å².